The summed E-state index contributed by atoms with van der Waals surface area (Å²) in [5.41, 5.74) is 8.89. The number of H-pyrrole nitrogens is 1. The molecule has 1 aromatic heterocycles. The molecule has 1 amide bonds. The molecule has 0 bridgehead atoms. The van der Waals surface area contributed by atoms with Crippen molar-refractivity contribution in [3.63, 3.8) is 0 Å². The number of carbonyl (C=O) groups excluding carboxylic acids is 1. The van der Waals surface area contributed by atoms with Gasteiger partial charge in [-0.1, -0.05) is 25.5 Å². The molecule has 0 atom stereocenters. The predicted octanol–water partition coefficient (Wildman–Crippen LogP) is 1.91. The average molecular weight is 248 g/mol. The van der Waals surface area contributed by atoms with Crippen LogP contribution in [0.5, 0.6) is 0 Å². The summed E-state index contributed by atoms with van der Waals surface area (Å²) in [6.45, 7) is 7.48. The van der Waals surface area contributed by atoms with Crippen molar-refractivity contribution < 1.29 is 4.79 Å². The van der Waals surface area contributed by atoms with Gasteiger partial charge in [0.1, 0.15) is 0 Å². The highest BCUT2D eigenvalue weighted by molar-refractivity contribution is 5.97. The van der Waals surface area contributed by atoms with Gasteiger partial charge >= 0.3 is 0 Å². The van der Waals surface area contributed by atoms with E-state index in [4.69, 9.17) is 5.73 Å². The van der Waals surface area contributed by atoms with Crippen molar-refractivity contribution in [1.29, 1.82) is 0 Å². The number of rotatable bonds is 2. The molecule has 1 aliphatic rings. The maximum Gasteiger partial charge on any atom is 0.276 e. The molecule has 0 saturated heterocycles. The van der Waals surface area contributed by atoms with Gasteiger partial charge in [-0.15, -0.1) is 0 Å². The number of amides is 1. The highest BCUT2D eigenvalue weighted by Crippen LogP contribution is 2.24. The van der Waals surface area contributed by atoms with Gasteiger partial charge in [0.2, 0.25) is 0 Å². The maximum absolute atomic E-state index is 12.3. The van der Waals surface area contributed by atoms with E-state index in [9.17, 15) is 4.79 Å². The van der Waals surface area contributed by atoms with E-state index in [0.29, 0.717) is 17.9 Å². The largest absolute Gasteiger partial charge is 0.395 e. The van der Waals surface area contributed by atoms with Crippen LogP contribution in [-0.2, 0) is 0 Å². The Balaban J connectivity index is 2.22. The number of aromatic nitrogens is 2. The van der Waals surface area contributed by atoms with Gasteiger partial charge in [-0.3, -0.25) is 9.89 Å². The molecule has 0 fully saturated rings. The van der Waals surface area contributed by atoms with Crippen LogP contribution in [-0.4, -0.2) is 34.1 Å². The van der Waals surface area contributed by atoms with Crippen molar-refractivity contribution in [2.45, 2.75) is 33.1 Å². The molecule has 1 aromatic rings. The molecular formula is C13H20N4O. The molecule has 0 radical (unpaired) electrons. The number of aromatic amines is 1. The Morgan fingerprint density at radius 2 is 2.28 bits per heavy atom. The minimum Gasteiger partial charge on any atom is -0.395 e. The number of hydrogen-bond acceptors (Lipinski definition) is 3. The lowest BCUT2D eigenvalue weighted by molar-refractivity contribution is 0.0761. The second-order valence-corrected chi connectivity index (χ2v) is 5.12. The fourth-order valence-corrected chi connectivity index (χ4v) is 2.20. The number of anilines is 1. The fraction of sp³-hybridized carbons (Fsp3) is 0.538. The molecule has 0 saturated carbocycles. The van der Waals surface area contributed by atoms with Gasteiger partial charge < -0.3 is 10.6 Å². The summed E-state index contributed by atoms with van der Waals surface area (Å²) in [5.74, 6) is 0.158. The van der Waals surface area contributed by atoms with E-state index in [1.165, 1.54) is 5.57 Å². The van der Waals surface area contributed by atoms with Gasteiger partial charge in [-0.05, 0) is 19.3 Å². The SMILES string of the molecule is CC1=CCCN(C(=O)c2n[nH]c(C(C)C)c2N)C1. The monoisotopic (exact) mass is 248 g/mol. The van der Waals surface area contributed by atoms with Crippen molar-refractivity contribution in [3.8, 4) is 0 Å². The highest BCUT2D eigenvalue weighted by Gasteiger charge is 2.24. The molecule has 0 aromatic carbocycles. The van der Waals surface area contributed by atoms with Gasteiger partial charge in [0, 0.05) is 13.1 Å². The second kappa shape index (κ2) is 4.84. The average Bonchev–Trinajstić information content (AvgIpc) is 2.70. The molecule has 0 spiro atoms. The fourth-order valence-electron chi connectivity index (χ4n) is 2.20. The highest BCUT2D eigenvalue weighted by atomic mass is 16.2. The van der Waals surface area contributed by atoms with Crippen LogP contribution in [0.4, 0.5) is 5.69 Å². The molecule has 2 heterocycles. The van der Waals surface area contributed by atoms with E-state index in [2.05, 4.69) is 16.3 Å². The van der Waals surface area contributed by atoms with E-state index in [1.54, 1.807) is 4.90 Å². The summed E-state index contributed by atoms with van der Waals surface area (Å²) in [7, 11) is 0. The molecule has 5 heteroatoms. The van der Waals surface area contributed by atoms with Crippen LogP contribution in [0, 0.1) is 0 Å². The third-order valence-electron chi connectivity index (χ3n) is 3.23. The molecule has 18 heavy (non-hydrogen) atoms. The van der Waals surface area contributed by atoms with E-state index in [-0.39, 0.29) is 11.8 Å². The Labute approximate surface area is 107 Å². The molecule has 1 aliphatic heterocycles. The summed E-state index contributed by atoms with van der Waals surface area (Å²) >= 11 is 0. The van der Waals surface area contributed by atoms with Crippen LogP contribution in [0.3, 0.4) is 0 Å². The van der Waals surface area contributed by atoms with Crippen LogP contribution in [0.25, 0.3) is 0 Å². The number of nitrogens with zero attached hydrogens (tertiary/aromatic N) is 2. The Morgan fingerprint density at radius 3 is 2.83 bits per heavy atom. The van der Waals surface area contributed by atoms with Crippen LogP contribution < -0.4 is 5.73 Å². The first-order chi connectivity index (χ1) is 8.50. The van der Waals surface area contributed by atoms with E-state index >= 15 is 0 Å². The van der Waals surface area contributed by atoms with E-state index < -0.39 is 0 Å². The maximum atomic E-state index is 12.3. The van der Waals surface area contributed by atoms with E-state index in [1.807, 2.05) is 20.8 Å². The summed E-state index contributed by atoms with van der Waals surface area (Å²) < 4.78 is 0. The van der Waals surface area contributed by atoms with Gasteiger partial charge in [0.25, 0.3) is 5.91 Å². The first-order valence-corrected chi connectivity index (χ1v) is 6.29. The molecule has 5 nitrogen and oxygen atoms in total. The Kier molecular flexibility index (Phi) is 3.41. The Hall–Kier alpha value is -1.78. The van der Waals surface area contributed by atoms with Crippen molar-refractivity contribution in [2.75, 3.05) is 18.8 Å². The van der Waals surface area contributed by atoms with Crippen LogP contribution >= 0.6 is 0 Å². The standard InChI is InChI=1S/C13H20N4O/c1-8(2)11-10(14)12(16-15-11)13(18)17-6-4-5-9(3)7-17/h5,8H,4,6-7,14H2,1-3H3,(H,15,16). The Bertz CT molecular complexity index is 487. The van der Waals surface area contributed by atoms with Gasteiger partial charge in [-0.25, -0.2) is 0 Å². The summed E-state index contributed by atoms with van der Waals surface area (Å²) in [4.78, 5) is 14.1. The van der Waals surface area contributed by atoms with Crippen LogP contribution in [0.1, 0.15) is 49.3 Å². The molecule has 2 rings (SSSR count). The zero-order chi connectivity index (χ0) is 13.3. The van der Waals surface area contributed by atoms with Crippen molar-refractivity contribution in [3.05, 3.63) is 23.0 Å². The predicted molar refractivity (Wildman–Crippen MR) is 71.4 cm³/mol. The molecule has 3 N–H and O–H groups in total. The lowest BCUT2D eigenvalue weighted by atomic mass is 10.1. The molecular weight excluding hydrogens is 228 g/mol. The molecule has 0 aliphatic carbocycles. The lowest BCUT2D eigenvalue weighted by Gasteiger charge is -2.25. The first-order valence-electron chi connectivity index (χ1n) is 6.29. The smallest absolute Gasteiger partial charge is 0.276 e. The van der Waals surface area contributed by atoms with Crippen molar-refractivity contribution >= 4 is 11.6 Å². The lowest BCUT2D eigenvalue weighted by Crippen LogP contribution is -2.36. The minimum atomic E-state index is -0.0805. The third-order valence-corrected chi connectivity index (χ3v) is 3.23. The number of nitrogen functional groups attached to an aromatic ring is 1. The molecule has 98 valence electrons. The topological polar surface area (TPSA) is 75.0 Å². The normalized spacial score (nSPS) is 16.0. The third kappa shape index (κ3) is 2.25. The second-order valence-electron chi connectivity index (χ2n) is 5.12. The zero-order valence-electron chi connectivity index (χ0n) is 11.2. The van der Waals surface area contributed by atoms with Gasteiger partial charge in [-0.2, -0.15) is 5.10 Å². The summed E-state index contributed by atoms with van der Waals surface area (Å²) in [5, 5.41) is 6.94. The number of nitrogens with one attached hydrogen (secondary N) is 1. The van der Waals surface area contributed by atoms with Crippen molar-refractivity contribution in [1.82, 2.24) is 15.1 Å². The van der Waals surface area contributed by atoms with Gasteiger partial charge in [0.05, 0.1) is 11.4 Å². The first kappa shape index (κ1) is 12.7. The summed E-state index contributed by atoms with van der Waals surface area (Å²) in [6.07, 6.45) is 3.07. The van der Waals surface area contributed by atoms with E-state index in [0.717, 1.165) is 18.7 Å². The number of nitrogens with two attached hydrogens (primary N) is 1. The van der Waals surface area contributed by atoms with Crippen molar-refractivity contribution in [2.24, 2.45) is 0 Å². The van der Waals surface area contributed by atoms with Gasteiger partial charge in [0.15, 0.2) is 5.69 Å². The number of hydrogen-bond donors (Lipinski definition) is 2. The number of carbonyl (C=O) groups is 1. The Morgan fingerprint density at radius 1 is 1.56 bits per heavy atom. The molecule has 0 unspecified atom stereocenters. The van der Waals surface area contributed by atoms with Crippen LogP contribution in [0.15, 0.2) is 11.6 Å². The summed E-state index contributed by atoms with van der Waals surface area (Å²) in [6, 6.07) is 0. The van der Waals surface area contributed by atoms with Crippen LogP contribution in [0.2, 0.25) is 0 Å². The quantitative estimate of drug-likeness (QED) is 0.785. The zero-order valence-corrected chi connectivity index (χ0v) is 11.2. The minimum absolute atomic E-state index is 0.0805.